The van der Waals surface area contributed by atoms with Crippen LogP contribution in [-0.4, -0.2) is 36.1 Å². The van der Waals surface area contributed by atoms with E-state index in [9.17, 15) is 4.79 Å². The molecule has 2 heterocycles. The first kappa shape index (κ1) is 15.6. The molecule has 0 saturated carbocycles. The van der Waals surface area contributed by atoms with E-state index in [1.807, 2.05) is 26.0 Å². The molecule has 2 aliphatic heterocycles. The molecule has 0 N–H and O–H groups in total. The summed E-state index contributed by atoms with van der Waals surface area (Å²) >= 11 is 5.91. The summed E-state index contributed by atoms with van der Waals surface area (Å²) in [5.74, 6) is -0.132. The van der Waals surface area contributed by atoms with Crippen LogP contribution in [-0.2, 0) is 16.0 Å². The van der Waals surface area contributed by atoms with Crippen molar-refractivity contribution < 1.29 is 9.53 Å². The number of halogens is 1. The molecule has 0 amide bonds. The van der Waals surface area contributed by atoms with E-state index < -0.39 is 0 Å². The summed E-state index contributed by atoms with van der Waals surface area (Å²) < 4.78 is 5.68. The number of nitrogens with zero attached hydrogens (tertiary/aromatic N) is 1. The summed E-state index contributed by atoms with van der Waals surface area (Å²) in [5.41, 5.74) is 2.92. The van der Waals surface area contributed by atoms with Crippen LogP contribution in [0, 0.1) is 0 Å². The number of esters is 1. The predicted octanol–water partition coefficient (Wildman–Crippen LogP) is 3.61. The van der Waals surface area contributed by atoms with E-state index in [4.69, 9.17) is 16.3 Å². The summed E-state index contributed by atoms with van der Waals surface area (Å²) in [7, 11) is 0. The molecule has 0 radical (unpaired) electrons. The molecule has 0 aromatic heterocycles. The Morgan fingerprint density at radius 3 is 2.36 bits per heavy atom. The second-order valence-corrected chi connectivity index (χ2v) is 6.79. The van der Waals surface area contributed by atoms with Crippen LogP contribution in [0.2, 0.25) is 5.02 Å². The number of benzene rings is 1. The van der Waals surface area contributed by atoms with E-state index in [0.717, 1.165) is 55.1 Å². The molecule has 2 aliphatic rings. The summed E-state index contributed by atoms with van der Waals surface area (Å²) in [4.78, 5) is 14.2. The second kappa shape index (κ2) is 6.05. The number of ether oxygens (including phenoxy) is 1. The quantitative estimate of drug-likeness (QED) is 0.797. The SMILES string of the molecule is CC1=C(C)C2(CCN(CCc3ccc(Cl)cc3)CC2)OC1=O. The molecule has 3 rings (SSSR count). The van der Waals surface area contributed by atoms with Crippen molar-refractivity contribution in [1.82, 2.24) is 4.90 Å². The van der Waals surface area contributed by atoms with Crippen LogP contribution < -0.4 is 0 Å². The third kappa shape index (κ3) is 2.92. The molecule has 0 unspecified atom stereocenters. The van der Waals surface area contributed by atoms with Gasteiger partial charge in [-0.2, -0.15) is 0 Å². The smallest absolute Gasteiger partial charge is 0.334 e. The third-order valence-electron chi connectivity index (χ3n) is 5.13. The molecular weight excluding hydrogens is 298 g/mol. The Morgan fingerprint density at radius 1 is 1.18 bits per heavy atom. The molecule has 118 valence electrons. The normalized spacial score (nSPS) is 21.5. The van der Waals surface area contributed by atoms with Crippen molar-refractivity contribution in [3.63, 3.8) is 0 Å². The van der Waals surface area contributed by atoms with Crippen LogP contribution in [0.4, 0.5) is 0 Å². The first-order valence-electron chi connectivity index (χ1n) is 7.88. The van der Waals surface area contributed by atoms with Crippen LogP contribution in [0.15, 0.2) is 35.4 Å². The van der Waals surface area contributed by atoms with Crippen molar-refractivity contribution >= 4 is 17.6 Å². The second-order valence-electron chi connectivity index (χ2n) is 6.35. The monoisotopic (exact) mass is 319 g/mol. The maximum Gasteiger partial charge on any atom is 0.334 e. The zero-order valence-corrected chi connectivity index (χ0v) is 13.9. The fourth-order valence-electron chi connectivity index (χ4n) is 3.38. The van der Waals surface area contributed by atoms with Gasteiger partial charge in [0.15, 0.2) is 0 Å². The lowest BCUT2D eigenvalue weighted by Crippen LogP contribution is -2.46. The van der Waals surface area contributed by atoms with Gasteiger partial charge in [-0.3, -0.25) is 0 Å². The zero-order chi connectivity index (χ0) is 15.7. The lowest BCUT2D eigenvalue weighted by Gasteiger charge is -2.39. The van der Waals surface area contributed by atoms with Gasteiger partial charge in [0.2, 0.25) is 0 Å². The Kier molecular flexibility index (Phi) is 4.28. The van der Waals surface area contributed by atoms with Gasteiger partial charge in [0.25, 0.3) is 0 Å². The number of carbonyl (C=O) groups is 1. The third-order valence-corrected chi connectivity index (χ3v) is 5.39. The predicted molar refractivity (Wildman–Crippen MR) is 88.0 cm³/mol. The van der Waals surface area contributed by atoms with E-state index in [1.165, 1.54) is 5.56 Å². The number of piperidine rings is 1. The highest BCUT2D eigenvalue weighted by atomic mass is 35.5. The highest BCUT2D eigenvalue weighted by molar-refractivity contribution is 6.30. The highest BCUT2D eigenvalue weighted by Gasteiger charge is 2.45. The van der Waals surface area contributed by atoms with Gasteiger partial charge in [0, 0.05) is 43.1 Å². The maximum absolute atomic E-state index is 11.8. The van der Waals surface area contributed by atoms with Crippen LogP contribution >= 0.6 is 11.6 Å². The molecule has 4 heteroatoms. The van der Waals surface area contributed by atoms with E-state index in [2.05, 4.69) is 17.0 Å². The molecule has 0 bridgehead atoms. The van der Waals surface area contributed by atoms with Crippen molar-refractivity contribution in [2.75, 3.05) is 19.6 Å². The molecule has 0 atom stereocenters. The van der Waals surface area contributed by atoms with Crippen molar-refractivity contribution in [3.8, 4) is 0 Å². The van der Waals surface area contributed by atoms with Gasteiger partial charge < -0.3 is 9.64 Å². The lowest BCUT2D eigenvalue weighted by atomic mass is 9.84. The standard InChI is InChI=1S/C18H22ClNO2/c1-13-14(2)18(22-17(13)21)8-11-20(12-9-18)10-7-15-3-5-16(19)6-4-15/h3-6H,7-12H2,1-2H3. The molecule has 1 fully saturated rings. The van der Waals surface area contributed by atoms with Crippen LogP contribution in [0.3, 0.4) is 0 Å². The van der Waals surface area contributed by atoms with E-state index in [1.54, 1.807) is 0 Å². The number of hydrogen-bond acceptors (Lipinski definition) is 3. The molecule has 1 aromatic rings. The average Bonchev–Trinajstić information content (AvgIpc) is 2.73. The first-order chi connectivity index (χ1) is 10.5. The largest absolute Gasteiger partial charge is 0.451 e. The van der Waals surface area contributed by atoms with Gasteiger partial charge in [-0.15, -0.1) is 0 Å². The van der Waals surface area contributed by atoms with Gasteiger partial charge in [-0.05, 0) is 43.5 Å². The number of carbonyl (C=O) groups excluding carboxylic acids is 1. The van der Waals surface area contributed by atoms with E-state index in [-0.39, 0.29) is 11.6 Å². The van der Waals surface area contributed by atoms with Gasteiger partial charge >= 0.3 is 5.97 Å². The zero-order valence-electron chi connectivity index (χ0n) is 13.2. The van der Waals surface area contributed by atoms with Crippen LogP contribution in [0.25, 0.3) is 0 Å². The minimum absolute atomic E-state index is 0.132. The molecule has 1 aromatic carbocycles. The van der Waals surface area contributed by atoms with E-state index in [0.29, 0.717) is 0 Å². The van der Waals surface area contributed by atoms with Crippen molar-refractivity contribution in [2.45, 2.75) is 38.7 Å². The van der Waals surface area contributed by atoms with Gasteiger partial charge in [0.1, 0.15) is 5.60 Å². The highest BCUT2D eigenvalue weighted by Crippen LogP contribution is 2.40. The number of hydrogen-bond donors (Lipinski definition) is 0. The maximum atomic E-state index is 11.8. The minimum atomic E-state index is -0.321. The summed E-state index contributed by atoms with van der Waals surface area (Å²) in [6.45, 7) is 6.91. The Hall–Kier alpha value is -1.32. The Labute approximate surface area is 136 Å². The van der Waals surface area contributed by atoms with Gasteiger partial charge in [-0.1, -0.05) is 23.7 Å². The summed E-state index contributed by atoms with van der Waals surface area (Å²) in [6.07, 6.45) is 2.84. The molecule has 3 nitrogen and oxygen atoms in total. The average molecular weight is 320 g/mol. The Bertz CT molecular complexity index is 598. The Morgan fingerprint density at radius 2 is 1.82 bits per heavy atom. The number of rotatable bonds is 3. The minimum Gasteiger partial charge on any atom is -0.451 e. The topological polar surface area (TPSA) is 29.5 Å². The van der Waals surface area contributed by atoms with Crippen molar-refractivity contribution in [3.05, 3.63) is 46.0 Å². The van der Waals surface area contributed by atoms with Crippen molar-refractivity contribution in [2.24, 2.45) is 0 Å². The fraction of sp³-hybridized carbons (Fsp3) is 0.500. The van der Waals surface area contributed by atoms with Gasteiger partial charge in [0.05, 0.1) is 0 Å². The molecule has 0 aliphatic carbocycles. The van der Waals surface area contributed by atoms with Gasteiger partial charge in [-0.25, -0.2) is 4.79 Å². The molecule has 1 spiro atoms. The van der Waals surface area contributed by atoms with Crippen LogP contribution in [0.5, 0.6) is 0 Å². The van der Waals surface area contributed by atoms with Crippen LogP contribution in [0.1, 0.15) is 32.3 Å². The molecule has 1 saturated heterocycles. The summed E-state index contributed by atoms with van der Waals surface area (Å²) in [6, 6.07) is 8.06. The molecular formula is C18H22ClNO2. The molecule has 22 heavy (non-hydrogen) atoms. The van der Waals surface area contributed by atoms with Crippen molar-refractivity contribution in [1.29, 1.82) is 0 Å². The first-order valence-corrected chi connectivity index (χ1v) is 8.26. The summed E-state index contributed by atoms with van der Waals surface area (Å²) in [5, 5.41) is 0.782. The van der Waals surface area contributed by atoms with E-state index >= 15 is 0 Å². The fourth-order valence-corrected chi connectivity index (χ4v) is 3.50. The lowest BCUT2D eigenvalue weighted by molar-refractivity contribution is -0.150. The number of likely N-dealkylation sites (tertiary alicyclic amines) is 1. The Balaban J connectivity index is 1.54.